The first-order valence-corrected chi connectivity index (χ1v) is 5.31. The van der Waals surface area contributed by atoms with Crippen LogP contribution < -0.4 is 5.32 Å². The lowest BCUT2D eigenvalue weighted by Crippen LogP contribution is -2.25. The van der Waals surface area contributed by atoms with Crippen molar-refractivity contribution in [2.24, 2.45) is 0 Å². The minimum atomic E-state index is -0.291. The van der Waals surface area contributed by atoms with Crippen LogP contribution in [-0.4, -0.2) is 16.9 Å². The molecule has 3 nitrogen and oxygen atoms in total. The zero-order valence-electron chi connectivity index (χ0n) is 8.59. The maximum absolute atomic E-state index is 13.0. The predicted molar refractivity (Wildman–Crippen MR) is 58.7 cm³/mol. The summed E-state index contributed by atoms with van der Waals surface area (Å²) in [4.78, 5) is 14.7. The summed E-state index contributed by atoms with van der Waals surface area (Å²) in [5, 5.41) is 3.60. The fourth-order valence-corrected chi connectivity index (χ4v) is 1.72. The van der Waals surface area contributed by atoms with Gasteiger partial charge in [0.1, 0.15) is 11.5 Å². The number of carbonyl (C=O) groups excluding carboxylic acids is 1. The Morgan fingerprint density at radius 2 is 2.19 bits per heavy atom. The molecule has 2 N–H and O–H groups in total. The Labute approximate surface area is 91.7 Å². The smallest absolute Gasteiger partial charge is 0.267 e. The molecule has 0 unspecified atom stereocenters. The van der Waals surface area contributed by atoms with Crippen LogP contribution in [0.2, 0.25) is 0 Å². The van der Waals surface area contributed by atoms with Gasteiger partial charge in [-0.1, -0.05) is 0 Å². The topological polar surface area (TPSA) is 44.9 Å². The molecule has 1 saturated carbocycles. The summed E-state index contributed by atoms with van der Waals surface area (Å²) in [5.74, 6) is -0.403. The van der Waals surface area contributed by atoms with E-state index in [2.05, 4.69) is 10.3 Å². The summed E-state index contributed by atoms with van der Waals surface area (Å²) in [7, 11) is 0. The van der Waals surface area contributed by atoms with Gasteiger partial charge in [0, 0.05) is 16.9 Å². The number of fused-ring (bicyclic) bond motifs is 1. The molecular formula is C12H11FN2O. The van der Waals surface area contributed by atoms with Crippen molar-refractivity contribution in [2.75, 3.05) is 0 Å². The van der Waals surface area contributed by atoms with Crippen molar-refractivity contribution in [3.05, 3.63) is 35.8 Å². The lowest BCUT2D eigenvalue weighted by molar-refractivity contribution is 0.0947. The summed E-state index contributed by atoms with van der Waals surface area (Å²) in [6.07, 6.45) is 2.11. The summed E-state index contributed by atoms with van der Waals surface area (Å²) in [6.45, 7) is 0. The van der Waals surface area contributed by atoms with Crippen LogP contribution in [0.5, 0.6) is 0 Å². The third-order valence-electron chi connectivity index (χ3n) is 2.74. The maximum Gasteiger partial charge on any atom is 0.267 e. The Balaban J connectivity index is 1.94. The van der Waals surface area contributed by atoms with Crippen molar-refractivity contribution in [1.82, 2.24) is 10.3 Å². The van der Waals surface area contributed by atoms with Gasteiger partial charge < -0.3 is 10.3 Å². The molecule has 1 aromatic heterocycles. The van der Waals surface area contributed by atoms with Crippen molar-refractivity contribution in [3.63, 3.8) is 0 Å². The third kappa shape index (κ3) is 1.66. The standard InChI is InChI=1S/C12H11FN2O/c13-8-1-4-10-7(5-8)6-11(15-10)12(16)14-9-2-3-9/h1,4-6,9,15H,2-3H2,(H,14,16). The lowest BCUT2D eigenvalue weighted by Gasteiger charge is -1.98. The van der Waals surface area contributed by atoms with Gasteiger partial charge in [-0.15, -0.1) is 0 Å². The molecule has 2 aromatic rings. The zero-order valence-corrected chi connectivity index (χ0v) is 8.59. The fraction of sp³-hybridized carbons (Fsp3) is 0.250. The number of aromatic amines is 1. The third-order valence-corrected chi connectivity index (χ3v) is 2.74. The number of halogens is 1. The average Bonchev–Trinajstić information content (AvgIpc) is 2.95. The second-order valence-electron chi connectivity index (χ2n) is 4.16. The van der Waals surface area contributed by atoms with Crippen molar-refractivity contribution in [3.8, 4) is 0 Å². The van der Waals surface area contributed by atoms with E-state index in [4.69, 9.17) is 0 Å². The summed E-state index contributed by atoms with van der Waals surface area (Å²) in [6, 6.07) is 6.44. The number of H-pyrrole nitrogens is 1. The van der Waals surface area contributed by atoms with Gasteiger partial charge in [-0.05, 0) is 37.1 Å². The maximum atomic E-state index is 13.0. The molecular weight excluding hydrogens is 207 g/mol. The molecule has 4 heteroatoms. The molecule has 1 fully saturated rings. The molecule has 16 heavy (non-hydrogen) atoms. The van der Waals surface area contributed by atoms with E-state index in [0.717, 1.165) is 23.7 Å². The van der Waals surface area contributed by atoms with Crippen LogP contribution in [0, 0.1) is 5.82 Å². The summed E-state index contributed by atoms with van der Waals surface area (Å²) >= 11 is 0. The molecule has 1 aliphatic carbocycles. The number of nitrogens with one attached hydrogen (secondary N) is 2. The Kier molecular flexibility index (Phi) is 1.96. The highest BCUT2D eigenvalue weighted by Gasteiger charge is 2.24. The van der Waals surface area contributed by atoms with Gasteiger partial charge in [-0.3, -0.25) is 4.79 Å². The Morgan fingerprint density at radius 1 is 1.38 bits per heavy atom. The van der Waals surface area contributed by atoms with Crippen LogP contribution >= 0.6 is 0 Å². The van der Waals surface area contributed by atoms with E-state index >= 15 is 0 Å². The van der Waals surface area contributed by atoms with E-state index in [1.807, 2.05) is 0 Å². The molecule has 82 valence electrons. The number of amides is 1. The van der Waals surface area contributed by atoms with E-state index in [9.17, 15) is 9.18 Å². The first-order chi connectivity index (χ1) is 7.72. The highest BCUT2D eigenvalue weighted by Crippen LogP contribution is 2.21. The van der Waals surface area contributed by atoms with Gasteiger partial charge in [0.2, 0.25) is 0 Å². The highest BCUT2D eigenvalue weighted by molar-refractivity contribution is 5.98. The van der Waals surface area contributed by atoms with E-state index < -0.39 is 0 Å². The van der Waals surface area contributed by atoms with Crippen LogP contribution in [-0.2, 0) is 0 Å². The molecule has 0 saturated heterocycles. The van der Waals surface area contributed by atoms with E-state index in [-0.39, 0.29) is 11.7 Å². The Morgan fingerprint density at radius 3 is 2.94 bits per heavy atom. The van der Waals surface area contributed by atoms with Gasteiger partial charge in [-0.2, -0.15) is 0 Å². The van der Waals surface area contributed by atoms with Gasteiger partial charge in [-0.25, -0.2) is 4.39 Å². The molecule has 0 aliphatic heterocycles. The lowest BCUT2D eigenvalue weighted by atomic mass is 10.2. The number of benzene rings is 1. The molecule has 1 amide bonds. The summed E-state index contributed by atoms with van der Waals surface area (Å²) in [5.41, 5.74) is 1.27. The van der Waals surface area contributed by atoms with Crippen molar-refractivity contribution in [2.45, 2.75) is 18.9 Å². The van der Waals surface area contributed by atoms with Gasteiger partial charge in [0.25, 0.3) is 5.91 Å². The van der Waals surface area contributed by atoms with Crippen LogP contribution in [0.15, 0.2) is 24.3 Å². The van der Waals surface area contributed by atoms with Crippen molar-refractivity contribution in [1.29, 1.82) is 0 Å². The quantitative estimate of drug-likeness (QED) is 0.797. The predicted octanol–water partition coefficient (Wildman–Crippen LogP) is 2.20. The number of hydrogen-bond acceptors (Lipinski definition) is 1. The Bertz CT molecular complexity index is 557. The number of hydrogen-bond donors (Lipinski definition) is 2. The molecule has 0 bridgehead atoms. The second kappa shape index (κ2) is 3.33. The van der Waals surface area contributed by atoms with Crippen molar-refractivity contribution < 1.29 is 9.18 Å². The number of carbonyl (C=O) groups is 1. The minimum Gasteiger partial charge on any atom is -0.351 e. The minimum absolute atomic E-state index is 0.112. The number of rotatable bonds is 2. The van der Waals surface area contributed by atoms with Crippen LogP contribution in [0.4, 0.5) is 4.39 Å². The van der Waals surface area contributed by atoms with E-state index in [0.29, 0.717) is 11.7 Å². The molecule has 3 rings (SSSR count). The monoisotopic (exact) mass is 218 g/mol. The summed E-state index contributed by atoms with van der Waals surface area (Å²) < 4.78 is 13.0. The van der Waals surface area contributed by atoms with Gasteiger partial charge >= 0.3 is 0 Å². The first kappa shape index (κ1) is 9.39. The molecule has 0 atom stereocenters. The highest BCUT2D eigenvalue weighted by atomic mass is 19.1. The molecule has 1 aromatic carbocycles. The zero-order chi connectivity index (χ0) is 11.1. The molecule has 0 spiro atoms. The average molecular weight is 218 g/mol. The van der Waals surface area contributed by atoms with E-state index in [1.54, 1.807) is 12.1 Å². The molecule has 0 radical (unpaired) electrons. The molecule has 1 heterocycles. The van der Waals surface area contributed by atoms with Crippen LogP contribution in [0.1, 0.15) is 23.3 Å². The SMILES string of the molecule is O=C(NC1CC1)c1cc2cc(F)ccc2[nH]1. The second-order valence-corrected chi connectivity index (χ2v) is 4.16. The van der Waals surface area contributed by atoms with E-state index in [1.165, 1.54) is 12.1 Å². The largest absolute Gasteiger partial charge is 0.351 e. The number of aromatic nitrogens is 1. The van der Waals surface area contributed by atoms with Crippen molar-refractivity contribution >= 4 is 16.8 Å². The fourth-order valence-electron chi connectivity index (χ4n) is 1.72. The first-order valence-electron chi connectivity index (χ1n) is 5.31. The normalized spacial score (nSPS) is 15.3. The van der Waals surface area contributed by atoms with Gasteiger partial charge in [0.05, 0.1) is 0 Å². The van der Waals surface area contributed by atoms with Crippen LogP contribution in [0.25, 0.3) is 10.9 Å². The van der Waals surface area contributed by atoms with Gasteiger partial charge in [0.15, 0.2) is 0 Å². The molecule has 1 aliphatic rings. The Hall–Kier alpha value is -1.84. The van der Waals surface area contributed by atoms with Crippen LogP contribution in [0.3, 0.4) is 0 Å².